The molecule has 6 rings (SSSR count). The van der Waals surface area contributed by atoms with Gasteiger partial charge in [0.15, 0.2) is 23.0 Å². The SMILES string of the molecule is COc1cc2c(OC3CCCCC3)c3c(c(-c4ccc5c(c4)OCO5)c2cc1OC)C(=O)OC3. The Morgan fingerprint density at radius 1 is 0.824 bits per heavy atom. The maximum Gasteiger partial charge on any atom is 0.339 e. The van der Waals surface area contributed by atoms with Crippen LogP contribution in [0.1, 0.15) is 48.0 Å². The third-order valence-electron chi connectivity index (χ3n) is 6.91. The zero-order valence-corrected chi connectivity index (χ0v) is 19.3. The van der Waals surface area contributed by atoms with Crippen LogP contribution >= 0.6 is 0 Å². The third-order valence-corrected chi connectivity index (χ3v) is 6.91. The molecule has 0 unspecified atom stereocenters. The number of carbonyl (C=O) groups excluding carboxylic acids is 1. The van der Waals surface area contributed by atoms with Gasteiger partial charge >= 0.3 is 5.97 Å². The predicted molar refractivity (Wildman–Crippen MR) is 125 cm³/mol. The molecule has 0 amide bonds. The molecule has 2 aliphatic heterocycles. The number of hydrogen-bond donors (Lipinski definition) is 0. The van der Waals surface area contributed by atoms with E-state index in [0.29, 0.717) is 34.3 Å². The van der Waals surface area contributed by atoms with Crippen molar-refractivity contribution in [1.82, 2.24) is 0 Å². The molecule has 0 atom stereocenters. The van der Waals surface area contributed by atoms with E-state index in [2.05, 4.69) is 0 Å². The van der Waals surface area contributed by atoms with Gasteiger partial charge in [-0.3, -0.25) is 0 Å². The summed E-state index contributed by atoms with van der Waals surface area (Å²) < 4.78 is 34.5. The summed E-state index contributed by atoms with van der Waals surface area (Å²) in [6.45, 7) is 0.358. The standard InChI is InChI=1S/C27H26O7/c1-29-21-11-17-18(12-22(21)30-2)26(34-16-6-4-3-5-7-16)19-13-31-27(28)25(19)24(17)15-8-9-20-23(10-15)33-14-32-20/h8-12,16H,3-7,13-14H2,1-2H3. The zero-order valence-electron chi connectivity index (χ0n) is 19.3. The minimum atomic E-state index is -0.354. The summed E-state index contributed by atoms with van der Waals surface area (Å²) in [6, 6.07) is 9.55. The topological polar surface area (TPSA) is 72.5 Å². The van der Waals surface area contributed by atoms with Gasteiger partial charge in [-0.1, -0.05) is 12.5 Å². The maximum absolute atomic E-state index is 13.1. The molecule has 0 aromatic heterocycles. The van der Waals surface area contributed by atoms with Crippen LogP contribution in [0.25, 0.3) is 21.9 Å². The molecule has 2 heterocycles. The van der Waals surface area contributed by atoms with Gasteiger partial charge in [0.1, 0.15) is 12.4 Å². The highest BCUT2D eigenvalue weighted by Crippen LogP contribution is 2.49. The molecule has 0 spiro atoms. The van der Waals surface area contributed by atoms with Crippen molar-refractivity contribution in [2.24, 2.45) is 0 Å². The fraction of sp³-hybridized carbons (Fsp3) is 0.370. The Hall–Kier alpha value is -3.61. The largest absolute Gasteiger partial charge is 0.493 e. The number of carbonyl (C=O) groups is 1. The second-order valence-electron chi connectivity index (χ2n) is 8.83. The lowest BCUT2D eigenvalue weighted by molar-refractivity contribution is 0.0533. The number of cyclic esters (lactones) is 1. The first-order valence-corrected chi connectivity index (χ1v) is 11.7. The average Bonchev–Trinajstić information content (AvgIpc) is 3.50. The molecule has 1 saturated carbocycles. The molecule has 3 aromatic rings. The quantitative estimate of drug-likeness (QED) is 0.455. The van der Waals surface area contributed by atoms with E-state index >= 15 is 0 Å². The van der Waals surface area contributed by atoms with Gasteiger partial charge in [-0.15, -0.1) is 0 Å². The summed E-state index contributed by atoms with van der Waals surface area (Å²) in [6.07, 6.45) is 5.64. The number of esters is 1. The number of benzene rings is 3. The summed E-state index contributed by atoms with van der Waals surface area (Å²) >= 11 is 0. The molecular formula is C27H26O7. The fourth-order valence-corrected chi connectivity index (χ4v) is 5.24. The molecule has 3 aromatic carbocycles. The molecule has 0 saturated heterocycles. The van der Waals surface area contributed by atoms with Gasteiger partial charge in [-0.05, 0) is 60.9 Å². The summed E-state index contributed by atoms with van der Waals surface area (Å²) in [5, 5.41) is 1.70. The van der Waals surface area contributed by atoms with Crippen LogP contribution in [0.4, 0.5) is 0 Å². The van der Waals surface area contributed by atoms with Gasteiger partial charge in [-0.25, -0.2) is 4.79 Å². The van der Waals surface area contributed by atoms with Crippen molar-refractivity contribution < 1.29 is 33.2 Å². The molecule has 7 nitrogen and oxygen atoms in total. The van der Waals surface area contributed by atoms with Crippen LogP contribution in [-0.2, 0) is 11.3 Å². The summed E-state index contributed by atoms with van der Waals surface area (Å²) in [7, 11) is 3.22. The van der Waals surface area contributed by atoms with Gasteiger partial charge in [0.05, 0.1) is 25.9 Å². The molecular weight excluding hydrogens is 436 g/mol. The van der Waals surface area contributed by atoms with Crippen molar-refractivity contribution in [2.75, 3.05) is 21.0 Å². The Kier molecular flexibility index (Phi) is 5.12. The molecule has 34 heavy (non-hydrogen) atoms. The van der Waals surface area contributed by atoms with Gasteiger partial charge in [0, 0.05) is 16.5 Å². The van der Waals surface area contributed by atoms with Crippen molar-refractivity contribution in [3.8, 4) is 39.9 Å². The first kappa shape index (κ1) is 21.0. The maximum atomic E-state index is 13.1. The Morgan fingerprint density at radius 2 is 1.56 bits per heavy atom. The second kappa shape index (κ2) is 8.31. The molecule has 3 aliphatic rings. The minimum Gasteiger partial charge on any atom is -0.493 e. The van der Waals surface area contributed by atoms with Crippen molar-refractivity contribution in [3.63, 3.8) is 0 Å². The highest BCUT2D eigenvalue weighted by molar-refractivity contribution is 6.14. The van der Waals surface area contributed by atoms with Crippen LogP contribution in [0.15, 0.2) is 30.3 Å². The molecule has 0 N–H and O–H groups in total. The molecule has 7 heteroatoms. The first-order chi connectivity index (χ1) is 16.7. The monoisotopic (exact) mass is 462 g/mol. The van der Waals surface area contributed by atoms with Crippen molar-refractivity contribution in [1.29, 1.82) is 0 Å². The second-order valence-corrected chi connectivity index (χ2v) is 8.83. The van der Waals surface area contributed by atoms with E-state index in [4.69, 9.17) is 28.4 Å². The van der Waals surface area contributed by atoms with Crippen molar-refractivity contribution in [3.05, 3.63) is 41.5 Å². The Morgan fingerprint density at radius 3 is 2.32 bits per heavy atom. The first-order valence-electron chi connectivity index (χ1n) is 11.7. The molecule has 1 fully saturated rings. The van der Waals surface area contributed by atoms with Crippen LogP contribution in [0.5, 0.6) is 28.7 Å². The highest BCUT2D eigenvalue weighted by Gasteiger charge is 2.34. The molecule has 176 valence electrons. The normalized spacial score (nSPS) is 16.9. The van der Waals surface area contributed by atoms with E-state index in [1.807, 2.05) is 30.3 Å². The van der Waals surface area contributed by atoms with Gasteiger partial charge in [0.2, 0.25) is 6.79 Å². The predicted octanol–water partition coefficient (Wildman–Crippen LogP) is 5.63. The summed E-state index contributed by atoms with van der Waals surface area (Å²) in [5.74, 6) is 2.86. The number of methoxy groups -OCH3 is 2. The Bertz CT molecular complexity index is 1290. The number of hydrogen-bond acceptors (Lipinski definition) is 7. The zero-order chi connectivity index (χ0) is 23.2. The van der Waals surface area contributed by atoms with E-state index in [1.54, 1.807) is 14.2 Å². The van der Waals surface area contributed by atoms with Gasteiger partial charge < -0.3 is 28.4 Å². The Labute approximate surface area is 197 Å². The van der Waals surface area contributed by atoms with E-state index < -0.39 is 0 Å². The highest BCUT2D eigenvalue weighted by atomic mass is 16.7. The third kappa shape index (κ3) is 3.30. The van der Waals surface area contributed by atoms with E-state index in [1.165, 1.54) is 6.42 Å². The van der Waals surface area contributed by atoms with Crippen LogP contribution in [-0.4, -0.2) is 33.1 Å². The number of fused-ring (bicyclic) bond motifs is 3. The number of rotatable bonds is 5. The molecule has 0 radical (unpaired) electrons. The lowest BCUT2D eigenvalue weighted by Crippen LogP contribution is -2.20. The van der Waals surface area contributed by atoms with Gasteiger partial charge in [0.25, 0.3) is 0 Å². The average molecular weight is 462 g/mol. The Balaban J connectivity index is 1.64. The smallest absolute Gasteiger partial charge is 0.339 e. The molecule has 1 aliphatic carbocycles. The van der Waals surface area contributed by atoms with Gasteiger partial charge in [-0.2, -0.15) is 0 Å². The lowest BCUT2D eigenvalue weighted by atomic mass is 9.89. The summed E-state index contributed by atoms with van der Waals surface area (Å²) in [5.41, 5.74) is 2.91. The number of ether oxygens (including phenoxy) is 6. The van der Waals surface area contributed by atoms with E-state index in [-0.39, 0.29) is 25.5 Å². The van der Waals surface area contributed by atoms with Crippen LogP contribution in [0.2, 0.25) is 0 Å². The van der Waals surface area contributed by atoms with Crippen molar-refractivity contribution >= 4 is 16.7 Å². The van der Waals surface area contributed by atoms with E-state index in [0.717, 1.165) is 53.1 Å². The lowest BCUT2D eigenvalue weighted by Gasteiger charge is -2.26. The van der Waals surface area contributed by atoms with Crippen LogP contribution < -0.4 is 23.7 Å². The fourth-order valence-electron chi connectivity index (χ4n) is 5.24. The van der Waals surface area contributed by atoms with Crippen LogP contribution in [0, 0.1) is 0 Å². The van der Waals surface area contributed by atoms with Crippen LogP contribution in [0.3, 0.4) is 0 Å². The molecule has 0 bridgehead atoms. The van der Waals surface area contributed by atoms with Crippen molar-refractivity contribution in [2.45, 2.75) is 44.8 Å². The van der Waals surface area contributed by atoms with E-state index in [9.17, 15) is 4.79 Å². The summed E-state index contributed by atoms with van der Waals surface area (Å²) in [4.78, 5) is 13.1. The minimum absolute atomic E-state index is 0.112.